The second-order valence-electron chi connectivity index (χ2n) is 10.3. The molecule has 0 radical (unpaired) electrons. The van der Waals surface area contributed by atoms with Crippen LogP contribution >= 0.6 is 0 Å². The molecule has 0 aromatic heterocycles. The van der Waals surface area contributed by atoms with Crippen molar-refractivity contribution in [2.24, 2.45) is 0 Å². The summed E-state index contributed by atoms with van der Waals surface area (Å²) in [4.78, 5) is 44.6. The highest BCUT2D eigenvalue weighted by molar-refractivity contribution is 6.07. The number of anilines is 2. The smallest absolute Gasteiger partial charge is 0.329 e. The Balaban J connectivity index is 1.71. The van der Waals surface area contributed by atoms with Crippen molar-refractivity contribution in [2.75, 3.05) is 17.7 Å². The van der Waals surface area contributed by atoms with E-state index in [1.165, 1.54) is 12.0 Å². The second kappa shape index (κ2) is 12.7. The van der Waals surface area contributed by atoms with Crippen molar-refractivity contribution in [2.45, 2.75) is 65.8 Å². The molecule has 210 valence electrons. The molecule has 0 aliphatic heterocycles. The SMILES string of the molecule is COc1ccc(-c2ccc(C(=O)N(OC(C)=O)C3CCCCC3)c(NC(=O)Nc3c(C)cc(C)cc3C)c2)cc1. The van der Waals surface area contributed by atoms with Gasteiger partial charge in [-0.05, 0) is 80.1 Å². The first kappa shape index (κ1) is 28.7. The third-order valence-corrected chi connectivity index (χ3v) is 7.17. The van der Waals surface area contributed by atoms with E-state index in [0.29, 0.717) is 11.4 Å². The minimum Gasteiger partial charge on any atom is -0.497 e. The molecule has 2 N–H and O–H groups in total. The molecule has 0 bridgehead atoms. The molecular formula is C32H37N3O5. The highest BCUT2D eigenvalue weighted by Crippen LogP contribution is 2.31. The topological polar surface area (TPSA) is 97.0 Å². The molecular weight excluding hydrogens is 506 g/mol. The number of nitrogens with zero attached hydrogens (tertiary/aromatic N) is 1. The van der Waals surface area contributed by atoms with Crippen LogP contribution in [0.5, 0.6) is 5.75 Å². The predicted molar refractivity (Wildman–Crippen MR) is 157 cm³/mol. The van der Waals surface area contributed by atoms with Crippen molar-refractivity contribution >= 4 is 29.3 Å². The standard InChI is InChI=1S/C32H37N3O5/c1-20-17-21(2)30(22(3)18-20)34-32(38)33-29-19-25(24-11-14-27(39-5)15-12-24)13-16-28(29)31(37)35(40-23(4)36)26-9-7-6-8-10-26/h11-19,26H,6-10H2,1-5H3,(H2,33,34,38). The molecule has 40 heavy (non-hydrogen) atoms. The summed E-state index contributed by atoms with van der Waals surface area (Å²) in [5, 5.41) is 7.03. The van der Waals surface area contributed by atoms with Crippen molar-refractivity contribution < 1.29 is 24.0 Å². The number of hydrogen-bond acceptors (Lipinski definition) is 5. The van der Waals surface area contributed by atoms with Gasteiger partial charge in [-0.25, -0.2) is 4.79 Å². The molecule has 8 heteroatoms. The zero-order chi connectivity index (χ0) is 28.8. The van der Waals surface area contributed by atoms with Gasteiger partial charge in [0.05, 0.1) is 24.4 Å². The molecule has 1 aliphatic carbocycles. The van der Waals surface area contributed by atoms with Crippen LogP contribution in [-0.2, 0) is 9.63 Å². The van der Waals surface area contributed by atoms with Crippen LogP contribution in [0, 0.1) is 20.8 Å². The van der Waals surface area contributed by atoms with E-state index in [1.54, 1.807) is 19.2 Å². The fourth-order valence-electron chi connectivity index (χ4n) is 5.30. The molecule has 1 aliphatic rings. The Morgan fingerprint density at radius 2 is 1.45 bits per heavy atom. The van der Waals surface area contributed by atoms with Crippen molar-refractivity contribution in [3.63, 3.8) is 0 Å². The van der Waals surface area contributed by atoms with Crippen LogP contribution in [0.2, 0.25) is 0 Å². The van der Waals surface area contributed by atoms with Gasteiger partial charge in [0.1, 0.15) is 5.75 Å². The first-order chi connectivity index (χ1) is 19.2. The third-order valence-electron chi connectivity index (χ3n) is 7.17. The van der Waals surface area contributed by atoms with E-state index in [2.05, 4.69) is 10.6 Å². The lowest BCUT2D eigenvalue weighted by atomic mass is 9.94. The maximum absolute atomic E-state index is 13.9. The quantitative estimate of drug-likeness (QED) is 0.321. The highest BCUT2D eigenvalue weighted by Gasteiger charge is 2.31. The fraction of sp³-hybridized carbons (Fsp3) is 0.344. The number of carbonyl (C=O) groups is 3. The van der Waals surface area contributed by atoms with Crippen LogP contribution < -0.4 is 15.4 Å². The normalized spacial score (nSPS) is 13.3. The minimum atomic E-state index is -0.564. The molecule has 4 rings (SSSR count). The lowest BCUT2D eigenvalue weighted by Gasteiger charge is -2.32. The minimum absolute atomic E-state index is 0.217. The van der Waals surface area contributed by atoms with Crippen LogP contribution in [0.3, 0.4) is 0 Å². The van der Waals surface area contributed by atoms with Gasteiger partial charge in [0, 0.05) is 12.6 Å². The van der Waals surface area contributed by atoms with Crippen LogP contribution in [0.25, 0.3) is 11.1 Å². The van der Waals surface area contributed by atoms with Gasteiger partial charge in [0.25, 0.3) is 5.91 Å². The lowest BCUT2D eigenvalue weighted by molar-refractivity contribution is -0.185. The number of benzene rings is 3. The average molecular weight is 544 g/mol. The molecule has 3 aromatic carbocycles. The largest absolute Gasteiger partial charge is 0.497 e. The summed E-state index contributed by atoms with van der Waals surface area (Å²) in [5.74, 6) is -0.311. The zero-order valence-corrected chi connectivity index (χ0v) is 23.8. The Hall–Kier alpha value is -4.33. The van der Waals surface area contributed by atoms with Crippen molar-refractivity contribution in [3.8, 4) is 16.9 Å². The maximum Gasteiger partial charge on any atom is 0.329 e. The summed E-state index contributed by atoms with van der Waals surface area (Å²) >= 11 is 0. The maximum atomic E-state index is 13.9. The van der Waals surface area contributed by atoms with Gasteiger partial charge in [-0.2, -0.15) is 5.06 Å². The number of methoxy groups -OCH3 is 1. The summed E-state index contributed by atoms with van der Waals surface area (Å²) in [5.41, 5.74) is 5.93. The van der Waals surface area contributed by atoms with E-state index in [1.807, 2.05) is 63.2 Å². The summed E-state index contributed by atoms with van der Waals surface area (Å²) in [6, 6.07) is 16.1. The van der Waals surface area contributed by atoms with Crippen LogP contribution in [0.1, 0.15) is 66.1 Å². The molecule has 1 fully saturated rings. The van der Waals surface area contributed by atoms with Gasteiger partial charge in [-0.1, -0.05) is 55.2 Å². The van der Waals surface area contributed by atoms with E-state index in [-0.39, 0.29) is 11.6 Å². The molecule has 0 saturated heterocycles. The van der Waals surface area contributed by atoms with E-state index in [4.69, 9.17) is 9.57 Å². The molecule has 8 nitrogen and oxygen atoms in total. The molecule has 0 unspecified atom stereocenters. The van der Waals surface area contributed by atoms with Crippen LogP contribution in [0.15, 0.2) is 54.6 Å². The Kier molecular flexibility index (Phi) is 9.09. The average Bonchev–Trinajstić information content (AvgIpc) is 2.93. The number of hydrogen-bond donors (Lipinski definition) is 2. The van der Waals surface area contributed by atoms with E-state index < -0.39 is 17.9 Å². The first-order valence-electron chi connectivity index (χ1n) is 13.6. The summed E-state index contributed by atoms with van der Waals surface area (Å²) in [6.45, 7) is 7.17. The Labute approximate surface area is 235 Å². The van der Waals surface area contributed by atoms with Gasteiger partial charge >= 0.3 is 12.0 Å². The number of ether oxygens (including phenoxy) is 1. The predicted octanol–water partition coefficient (Wildman–Crippen LogP) is 7.18. The summed E-state index contributed by atoms with van der Waals surface area (Å²) in [7, 11) is 1.61. The third kappa shape index (κ3) is 6.81. The number of urea groups is 1. The first-order valence-corrected chi connectivity index (χ1v) is 13.6. The van der Waals surface area contributed by atoms with Crippen molar-refractivity contribution in [1.29, 1.82) is 0 Å². The number of amides is 3. The van der Waals surface area contributed by atoms with Gasteiger partial charge in [0.15, 0.2) is 0 Å². The number of rotatable bonds is 6. The van der Waals surface area contributed by atoms with Gasteiger partial charge in [0.2, 0.25) is 0 Å². The zero-order valence-electron chi connectivity index (χ0n) is 23.8. The number of aryl methyl sites for hydroxylation is 3. The molecule has 1 saturated carbocycles. The van der Waals surface area contributed by atoms with Crippen LogP contribution in [0.4, 0.5) is 16.2 Å². The Bertz CT molecular complexity index is 1370. The number of carbonyl (C=O) groups excluding carboxylic acids is 3. The highest BCUT2D eigenvalue weighted by atomic mass is 16.7. The van der Waals surface area contributed by atoms with Crippen molar-refractivity contribution in [1.82, 2.24) is 5.06 Å². The lowest BCUT2D eigenvalue weighted by Crippen LogP contribution is -2.42. The van der Waals surface area contributed by atoms with E-state index in [0.717, 1.165) is 65.7 Å². The summed E-state index contributed by atoms with van der Waals surface area (Å²) < 4.78 is 5.27. The molecule has 0 heterocycles. The van der Waals surface area contributed by atoms with Crippen molar-refractivity contribution in [3.05, 3.63) is 76.9 Å². The monoisotopic (exact) mass is 543 g/mol. The summed E-state index contributed by atoms with van der Waals surface area (Å²) in [6.07, 6.45) is 4.49. The molecule has 3 amide bonds. The second-order valence-corrected chi connectivity index (χ2v) is 10.3. The van der Waals surface area contributed by atoms with E-state index in [9.17, 15) is 14.4 Å². The number of nitrogens with one attached hydrogen (secondary N) is 2. The molecule has 0 spiro atoms. The van der Waals surface area contributed by atoms with Gasteiger partial charge in [-0.3, -0.25) is 9.59 Å². The molecule has 0 atom stereocenters. The van der Waals surface area contributed by atoms with Crippen LogP contribution in [-0.4, -0.2) is 36.1 Å². The number of hydroxylamine groups is 2. The van der Waals surface area contributed by atoms with Gasteiger partial charge < -0.3 is 20.2 Å². The van der Waals surface area contributed by atoms with E-state index >= 15 is 0 Å². The van der Waals surface area contributed by atoms with Gasteiger partial charge in [-0.15, -0.1) is 0 Å². The molecule has 3 aromatic rings. The fourth-order valence-corrected chi connectivity index (χ4v) is 5.30. The Morgan fingerprint density at radius 1 is 0.825 bits per heavy atom. The Morgan fingerprint density at radius 3 is 2.05 bits per heavy atom.